The molecule has 0 amide bonds. The molecular weight excluding hydrogens is 262 g/mol. The van der Waals surface area contributed by atoms with Gasteiger partial charge in [-0.1, -0.05) is 17.7 Å². The molecule has 0 radical (unpaired) electrons. The molecule has 5 heteroatoms. The minimum Gasteiger partial charge on any atom is -0.616 e. The highest BCUT2D eigenvalue weighted by atomic mass is 32.2. The van der Waals surface area contributed by atoms with Gasteiger partial charge in [0.05, 0.1) is 0 Å². The van der Waals surface area contributed by atoms with E-state index >= 15 is 0 Å². The second kappa shape index (κ2) is 4.77. The Hall–Kier alpha value is -1.69. The fourth-order valence-corrected chi connectivity index (χ4v) is 3.03. The van der Waals surface area contributed by atoms with Gasteiger partial charge in [-0.25, -0.2) is 0 Å². The van der Waals surface area contributed by atoms with Gasteiger partial charge in [0.15, 0.2) is 0 Å². The molecule has 1 unspecified atom stereocenters. The number of quaternary nitrogens is 1. The Balaban J connectivity index is 2.75. The fourth-order valence-electron chi connectivity index (χ4n) is 2.32. The lowest BCUT2D eigenvalue weighted by Crippen LogP contribution is -2.46. The average Bonchev–Trinajstić information content (AvgIpc) is 2.27. The quantitative estimate of drug-likeness (QED) is 0.450. The van der Waals surface area contributed by atoms with Crippen LogP contribution in [0, 0.1) is 19.1 Å². The Morgan fingerprint density at radius 1 is 1.16 bits per heavy atom. The van der Waals surface area contributed by atoms with Crippen molar-refractivity contribution in [2.75, 3.05) is 0 Å². The third-order valence-corrected chi connectivity index (χ3v) is 4.06. The molecule has 0 spiro atoms. The van der Waals surface area contributed by atoms with Crippen LogP contribution >= 0.6 is 0 Å². The van der Waals surface area contributed by atoms with E-state index in [0.29, 0.717) is 11.3 Å². The fraction of sp³-hybridized carbons (Fsp3) is 0.214. The topological polar surface area (TPSA) is 57.2 Å². The average molecular weight is 277 g/mol. The number of rotatable bonds is 1. The first-order valence-electron chi connectivity index (χ1n) is 5.87. The van der Waals surface area contributed by atoms with Crippen LogP contribution in [0.1, 0.15) is 18.1 Å². The monoisotopic (exact) mass is 277 g/mol. The molecule has 0 aliphatic carbocycles. The van der Waals surface area contributed by atoms with Crippen LogP contribution in [0.4, 0.5) is 5.69 Å². The summed E-state index contributed by atoms with van der Waals surface area (Å²) in [6.45, 7) is 5.37. The molecule has 19 heavy (non-hydrogen) atoms. The van der Waals surface area contributed by atoms with E-state index < -0.39 is 14.9 Å². The Morgan fingerprint density at radius 2 is 1.84 bits per heavy atom. The lowest BCUT2D eigenvalue weighted by molar-refractivity contribution is 0.623. The summed E-state index contributed by atoms with van der Waals surface area (Å²) < 4.78 is 21.7. The van der Waals surface area contributed by atoms with Crippen molar-refractivity contribution in [3.05, 3.63) is 58.5 Å². The number of hydrogen-bond donors (Lipinski definition) is 0. The molecule has 0 saturated heterocycles. The molecule has 100 valence electrons. The smallest absolute Gasteiger partial charge is 0.277 e. The van der Waals surface area contributed by atoms with E-state index in [2.05, 4.69) is 0 Å². The molecule has 0 N–H and O–H groups in total. The predicted octanol–water partition coefficient (Wildman–Crippen LogP) is 2.59. The summed E-state index contributed by atoms with van der Waals surface area (Å²) in [6.07, 6.45) is 4.57. The molecule has 1 aromatic carbocycles. The van der Waals surface area contributed by atoms with Gasteiger partial charge in [0.2, 0.25) is 0 Å². The summed E-state index contributed by atoms with van der Waals surface area (Å²) >= 11 is 0. The van der Waals surface area contributed by atoms with E-state index in [-0.39, 0.29) is 4.99 Å². The van der Waals surface area contributed by atoms with Gasteiger partial charge in [0.25, 0.3) is 15.3 Å². The first kappa shape index (κ1) is 13.7. The van der Waals surface area contributed by atoms with Gasteiger partial charge < -0.3 is 5.21 Å². The zero-order valence-corrected chi connectivity index (χ0v) is 11.9. The summed E-state index contributed by atoms with van der Waals surface area (Å²) in [5.41, 5.74) is 2.70. The molecule has 0 saturated carbocycles. The minimum absolute atomic E-state index is 0.158. The van der Waals surface area contributed by atoms with Gasteiger partial charge in [0, 0.05) is 17.2 Å². The number of allylic oxidation sites excluding steroid dienone is 2. The van der Waals surface area contributed by atoms with Crippen LogP contribution < -0.4 is 4.65 Å². The molecule has 1 aromatic rings. The highest BCUT2D eigenvalue weighted by Crippen LogP contribution is 2.32. The van der Waals surface area contributed by atoms with Gasteiger partial charge in [0.1, 0.15) is 11.9 Å². The van der Waals surface area contributed by atoms with Gasteiger partial charge in [-0.2, -0.15) is 8.42 Å². The Morgan fingerprint density at radius 3 is 2.42 bits per heavy atom. The van der Waals surface area contributed by atoms with Crippen LogP contribution in [-0.2, 0) is 10.3 Å². The molecule has 0 aromatic heterocycles. The van der Waals surface area contributed by atoms with Crippen LogP contribution in [0.25, 0.3) is 0 Å². The number of aryl methyl sites for hydroxylation is 2. The summed E-state index contributed by atoms with van der Waals surface area (Å²) in [4.78, 5) is -0.158. The van der Waals surface area contributed by atoms with Crippen LogP contribution in [0.5, 0.6) is 0 Å². The van der Waals surface area contributed by atoms with Crippen molar-refractivity contribution in [2.24, 2.45) is 0 Å². The summed E-state index contributed by atoms with van der Waals surface area (Å²) in [5, 5.41) is 13.0. The second-order valence-electron chi connectivity index (χ2n) is 4.68. The molecule has 2 rings (SSSR count). The Kier molecular flexibility index (Phi) is 3.45. The van der Waals surface area contributed by atoms with Gasteiger partial charge in [-0.05, 0) is 32.9 Å². The van der Waals surface area contributed by atoms with Gasteiger partial charge in [-0.15, -0.1) is 0 Å². The van der Waals surface area contributed by atoms with Crippen LogP contribution in [-0.4, -0.2) is 13.4 Å². The third-order valence-electron chi connectivity index (χ3n) is 3.15. The molecule has 1 heterocycles. The molecule has 1 aliphatic rings. The maximum absolute atomic E-state index is 13.0. The first-order chi connectivity index (χ1) is 8.86. The molecule has 1 aliphatic heterocycles. The zero-order chi connectivity index (χ0) is 14.2. The minimum atomic E-state index is -2.56. The van der Waals surface area contributed by atoms with Crippen LogP contribution in [0.3, 0.4) is 0 Å². The summed E-state index contributed by atoms with van der Waals surface area (Å²) in [5.74, 6) is 0. The third kappa shape index (κ3) is 2.28. The number of nitrogens with zero attached hydrogens (tertiary/aromatic N) is 1. The number of hydroxylamine groups is 2. The number of benzene rings is 1. The van der Waals surface area contributed by atoms with E-state index in [4.69, 9.17) is 0 Å². The maximum atomic E-state index is 13.0. The maximum Gasteiger partial charge on any atom is 0.277 e. The lowest BCUT2D eigenvalue weighted by Gasteiger charge is -2.39. The SMILES string of the molecule is CC1=CC=C[N+]([O-])(c2ccc(C)cc2C)C1=S(=O)=O. The van der Waals surface area contributed by atoms with Crippen molar-refractivity contribution in [3.63, 3.8) is 0 Å². The first-order valence-corrected chi connectivity index (χ1v) is 6.94. The van der Waals surface area contributed by atoms with E-state index in [0.717, 1.165) is 11.1 Å². The molecule has 1 atom stereocenters. The highest BCUT2D eigenvalue weighted by Gasteiger charge is 2.32. The molecular formula is C14H15NO3S. The van der Waals surface area contributed by atoms with Crippen molar-refractivity contribution in [1.29, 1.82) is 0 Å². The summed E-state index contributed by atoms with van der Waals surface area (Å²) in [7, 11) is -2.56. The molecule has 4 nitrogen and oxygen atoms in total. The van der Waals surface area contributed by atoms with Crippen molar-refractivity contribution in [2.45, 2.75) is 20.8 Å². The standard InChI is InChI=1S/C14H15NO3S/c1-10-6-7-13(12(3)9-10)15(16)8-4-5-11(2)14(15)19(17)18/h4-9H,1-3H3. The highest BCUT2D eigenvalue weighted by molar-refractivity contribution is 7.73. The largest absolute Gasteiger partial charge is 0.616 e. The van der Waals surface area contributed by atoms with E-state index in [9.17, 15) is 13.6 Å². The van der Waals surface area contributed by atoms with E-state index in [1.54, 1.807) is 25.1 Å². The zero-order valence-electron chi connectivity index (χ0n) is 11.0. The second-order valence-corrected chi connectivity index (χ2v) is 5.54. The van der Waals surface area contributed by atoms with Crippen LogP contribution in [0.15, 0.2) is 42.1 Å². The van der Waals surface area contributed by atoms with Gasteiger partial charge >= 0.3 is 0 Å². The Labute approximate surface area is 114 Å². The molecule has 0 bridgehead atoms. The van der Waals surface area contributed by atoms with Crippen LogP contribution in [0.2, 0.25) is 0 Å². The lowest BCUT2D eigenvalue weighted by atomic mass is 10.1. The normalized spacial score (nSPS) is 22.3. The van der Waals surface area contributed by atoms with E-state index in [1.807, 2.05) is 26.0 Å². The van der Waals surface area contributed by atoms with Crippen molar-refractivity contribution < 1.29 is 8.42 Å². The van der Waals surface area contributed by atoms with Gasteiger partial charge in [-0.3, -0.25) is 4.65 Å². The van der Waals surface area contributed by atoms with Crippen molar-refractivity contribution in [3.8, 4) is 0 Å². The van der Waals surface area contributed by atoms with Crippen molar-refractivity contribution in [1.82, 2.24) is 4.65 Å². The number of hydrogen-bond acceptors (Lipinski definition) is 3. The van der Waals surface area contributed by atoms with E-state index in [1.165, 1.54) is 6.20 Å². The van der Waals surface area contributed by atoms with Crippen molar-refractivity contribution >= 4 is 21.0 Å². The predicted molar refractivity (Wildman–Crippen MR) is 77.9 cm³/mol. The Bertz CT molecular complexity index is 721. The molecule has 0 fully saturated rings. The summed E-state index contributed by atoms with van der Waals surface area (Å²) in [6, 6.07) is 5.38.